The van der Waals surface area contributed by atoms with Gasteiger partial charge in [-0.15, -0.1) is 0 Å². The van der Waals surface area contributed by atoms with Gasteiger partial charge in [-0.25, -0.2) is 4.99 Å². The Labute approximate surface area is 179 Å². The molecule has 0 radical (unpaired) electrons. The van der Waals surface area contributed by atoms with Crippen LogP contribution < -0.4 is 10.6 Å². The molecule has 1 aromatic heterocycles. The van der Waals surface area contributed by atoms with Crippen molar-refractivity contribution in [2.45, 2.75) is 31.8 Å². The van der Waals surface area contributed by atoms with E-state index in [-0.39, 0.29) is 24.5 Å². The van der Waals surface area contributed by atoms with Gasteiger partial charge in [0.2, 0.25) is 5.91 Å². The van der Waals surface area contributed by atoms with Crippen molar-refractivity contribution in [1.29, 1.82) is 0 Å². The molecule has 2 atom stereocenters. The van der Waals surface area contributed by atoms with Crippen LogP contribution in [0.3, 0.4) is 0 Å². The molecule has 1 aliphatic heterocycles. The van der Waals surface area contributed by atoms with Crippen LogP contribution in [0.4, 0.5) is 0 Å². The summed E-state index contributed by atoms with van der Waals surface area (Å²) in [6.45, 7) is 4.96. The average molecular weight is 412 g/mol. The highest BCUT2D eigenvalue weighted by atomic mass is 16.3. The molecule has 1 aliphatic rings. The summed E-state index contributed by atoms with van der Waals surface area (Å²) in [6.07, 6.45) is 4.14. The summed E-state index contributed by atoms with van der Waals surface area (Å²) in [5, 5.41) is 6.88. The van der Waals surface area contributed by atoms with Crippen LogP contribution in [-0.4, -0.2) is 61.9 Å². The molecular formula is C23H33N5O2. The number of carbonyl (C=O) groups excluding carboxylic acids is 1. The fourth-order valence-electron chi connectivity index (χ4n) is 3.61. The minimum absolute atomic E-state index is 0.0365. The highest BCUT2D eigenvalue weighted by Gasteiger charge is 2.26. The van der Waals surface area contributed by atoms with Gasteiger partial charge in [0.1, 0.15) is 12.3 Å². The third kappa shape index (κ3) is 6.10. The van der Waals surface area contributed by atoms with Gasteiger partial charge in [0.25, 0.3) is 0 Å². The van der Waals surface area contributed by atoms with Crippen LogP contribution in [0.2, 0.25) is 0 Å². The van der Waals surface area contributed by atoms with Crippen LogP contribution >= 0.6 is 0 Å². The van der Waals surface area contributed by atoms with E-state index in [2.05, 4.69) is 39.6 Å². The largest absolute Gasteiger partial charge is 0.468 e. The first-order chi connectivity index (χ1) is 14.5. The maximum absolute atomic E-state index is 12.1. The quantitative estimate of drug-likeness (QED) is 0.516. The van der Waals surface area contributed by atoms with Crippen molar-refractivity contribution in [3.05, 3.63) is 60.1 Å². The van der Waals surface area contributed by atoms with E-state index < -0.39 is 0 Å². The van der Waals surface area contributed by atoms with Gasteiger partial charge in [-0.3, -0.25) is 9.69 Å². The number of amides is 1. The molecule has 0 saturated carbocycles. The minimum atomic E-state index is -0.0365. The Balaban J connectivity index is 1.71. The molecule has 1 fully saturated rings. The number of carbonyl (C=O) groups is 1. The Bertz CT molecular complexity index is 798. The SMILES string of the molecule is CC(NC(=NCC(=O)N(C)C)NCC(c1ccco1)N1CCCC1)c1ccccc1. The number of hydrogen-bond acceptors (Lipinski definition) is 4. The lowest BCUT2D eigenvalue weighted by molar-refractivity contribution is -0.127. The van der Waals surface area contributed by atoms with Crippen molar-refractivity contribution in [2.75, 3.05) is 40.3 Å². The number of guanidine groups is 1. The number of nitrogens with zero attached hydrogens (tertiary/aromatic N) is 3. The third-order valence-electron chi connectivity index (χ3n) is 5.44. The topological polar surface area (TPSA) is 73.1 Å². The van der Waals surface area contributed by atoms with E-state index >= 15 is 0 Å². The summed E-state index contributed by atoms with van der Waals surface area (Å²) in [6, 6.07) is 14.3. The summed E-state index contributed by atoms with van der Waals surface area (Å²) in [4.78, 5) is 20.6. The highest BCUT2D eigenvalue weighted by molar-refractivity contribution is 5.85. The fraction of sp³-hybridized carbons (Fsp3) is 0.478. The number of hydrogen-bond donors (Lipinski definition) is 2. The van der Waals surface area contributed by atoms with E-state index in [0.29, 0.717) is 12.5 Å². The first-order valence-electron chi connectivity index (χ1n) is 10.6. The number of rotatable bonds is 8. The lowest BCUT2D eigenvalue weighted by Crippen LogP contribution is -2.44. The Morgan fingerprint density at radius 1 is 1.17 bits per heavy atom. The first-order valence-corrected chi connectivity index (χ1v) is 10.6. The van der Waals surface area contributed by atoms with E-state index in [0.717, 1.165) is 24.4 Å². The Hall–Kier alpha value is -2.80. The molecule has 2 heterocycles. The predicted octanol–water partition coefficient (Wildman–Crippen LogP) is 2.80. The molecule has 3 rings (SSSR count). The molecule has 0 aliphatic carbocycles. The van der Waals surface area contributed by atoms with Crippen molar-refractivity contribution in [2.24, 2.45) is 4.99 Å². The lowest BCUT2D eigenvalue weighted by Gasteiger charge is -2.27. The zero-order valence-electron chi connectivity index (χ0n) is 18.2. The molecule has 1 amide bonds. The number of nitrogens with one attached hydrogen (secondary N) is 2. The first kappa shape index (κ1) is 21.9. The Morgan fingerprint density at radius 3 is 2.53 bits per heavy atom. The summed E-state index contributed by atoms with van der Waals surface area (Å²) in [7, 11) is 3.48. The maximum Gasteiger partial charge on any atom is 0.243 e. The fourth-order valence-corrected chi connectivity index (χ4v) is 3.61. The molecule has 1 saturated heterocycles. The van der Waals surface area contributed by atoms with Crippen molar-refractivity contribution >= 4 is 11.9 Å². The molecule has 0 bridgehead atoms. The maximum atomic E-state index is 12.1. The van der Waals surface area contributed by atoms with E-state index in [1.54, 1.807) is 25.3 Å². The summed E-state index contributed by atoms with van der Waals surface area (Å²) < 4.78 is 5.72. The zero-order chi connectivity index (χ0) is 21.3. The molecule has 1 aromatic carbocycles. The van der Waals surface area contributed by atoms with Crippen molar-refractivity contribution in [3.63, 3.8) is 0 Å². The van der Waals surface area contributed by atoms with Crippen LogP contribution in [0, 0.1) is 0 Å². The van der Waals surface area contributed by atoms with E-state index in [9.17, 15) is 4.79 Å². The standard InChI is InChI=1S/C23H33N5O2/c1-18(19-10-5-4-6-11-19)26-23(25-17-22(29)27(2)3)24-16-20(21-12-9-15-30-21)28-13-7-8-14-28/h4-6,9-12,15,18,20H,7-8,13-14,16-17H2,1-3H3,(H2,24,25,26). The molecular weight excluding hydrogens is 378 g/mol. The van der Waals surface area contributed by atoms with Gasteiger partial charge in [0, 0.05) is 20.6 Å². The number of benzene rings is 1. The molecule has 30 heavy (non-hydrogen) atoms. The van der Waals surface area contributed by atoms with Gasteiger partial charge < -0.3 is 20.0 Å². The van der Waals surface area contributed by atoms with Gasteiger partial charge in [0.05, 0.1) is 18.3 Å². The van der Waals surface area contributed by atoms with Gasteiger partial charge in [-0.05, 0) is 50.6 Å². The predicted molar refractivity (Wildman–Crippen MR) is 119 cm³/mol. The summed E-state index contributed by atoms with van der Waals surface area (Å²) in [5.74, 6) is 1.53. The Kier molecular flexibility index (Phi) is 7.90. The lowest BCUT2D eigenvalue weighted by atomic mass is 10.1. The number of likely N-dealkylation sites (tertiary alicyclic amines) is 1. The van der Waals surface area contributed by atoms with E-state index in [4.69, 9.17) is 4.42 Å². The van der Waals surface area contributed by atoms with Gasteiger partial charge in [-0.2, -0.15) is 0 Å². The average Bonchev–Trinajstić information content (AvgIpc) is 3.47. The number of furan rings is 1. The van der Waals surface area contributed by atoms with E-state index in [1.807, 2.05) is 30.3 Å². The normalized spacial score (nSPS) is 16.8. The number of aliphatic imine (C=N–C) groups is 1. The third-order valence-corrected chi connectivity index (χ3v) is 5.44. The van der Waals surface area contributed by atoms with Crippen LogP contribution in [0.15, 0.2) is 58.1 Å². The van der Waals surface area contributed by atoms with Gasteiger partial charge >= 0.3 is 0 Å². The van der Waals surface area contributed by atoms with Crippen LogP contribution in [-0.2, 0) is 4.79 Å². The van der Waals surface area contributed by atoms with E-state index in [1.165, 1.54) is 12.8 Å². The van der Waals surface area contributed by atoms with Gasteiger partial charge in [0.15, 0.2) is 5.96 Å². The second-order valence-corrected chi connectivity index (χ2v) is 7.88. The second-order valence-electron chi connectivity index (χ2n) is 7.88. The van der Waals surface area contributed by atoms with Crippen molar-refractivity contribution in [3.8, 4) is 0 Å². The van der Waals surface area contributed by atoms with Crippen LogP contribution in [0.5, 0.6) is 0 Å². The smallest absolute Gasteiger partial charge is 0.243 e. The molecule has 0 spiro atoms. The second kappa shape index (κ2) is 10.8. The molecule has 7 heteroatoms. The Morgan fingerprint density at radius 2 is 1.90 bits per heavy atom. The molecule has 2 aromatic rings. The minimum Gasteiger partial charge on any atom is -0.468 e. The molecule has 7 nitrogen and oxygen atoms in total. The number of likely N-dealkylation sites (N-methyl/N-ethyl adjacent to an activating group) is 1. The highest BCUT2D eigenvalue weighted by Crippen LogP contribution is 2.24. The van der Waals surface area contributed by atoms with Crippen molar-refractivity contribution < 1.29 is 9.21 Å². The molecule has 2 unspecified atom stereocenters. The van der Waals surface area contributed by atoms with Crippen LogP contribution in [0.1, 0.15) is 43.2 Å². The summed E-state index contributed by atoms with van der Waals surface area (Å²) in [5.41, 5.74) is 1.16. The summed E-state index contributed by atoms with van der Waals surface area (Å²) >= 11 is 0. The van der Waals surface area contributed by atoms with Gasteiger partial charge in [-0.1, -0.05) is 30.3 Å². The molecule has 162 valence electrons. The molecule has 2 N–H and O–H groups in total. The zero-order valence-corrected chi connectivity index (χ0v) is 18.2. The van der Waals surface area contributed by atoms with Crippen LogP contribution in [0.25, 0.3) is 0 Å². The monoisotopic (exact) mass is 411 g/mol. The van der Waals surface area contributed by atoms with Crippen molar-refractivity contribution in [1.82, 2.24) is 20.4 Å².